The van der Waals surface area contributed by atoms with Gasteiger partial charge in [-0.1, -0.05) is 37.3 Å². The molecule has 2 aromatic rings. The van der Waals surface area contributed by atoms with Crippen molar-refractivity contribution in [3.8, 4) is 10.4 Å². The molecule has 0 spiro atoms. The van der Waals surface area contributed by atoms with Crippen LogP contribution in [0.4, 0.5) is 0 Å². The first-order valence-electron chi connectivity index (χ1n) is 9.77. The summed E-state index contributed by atoms with van der Waals surface area (Å²) in [5.41, 5.74) is 1.19. The lowest BCUT2D eigenvalue weighted by molar-refractivity contribution is -0.128. The number of piperazine rings is 1. The number of carbonyl (C=O) groups excluding carboxylic acids is 2. The Morgan fingerprint density at radius 3 is 2.54 bits per heavy atom. The highest BCUT2D eigenvalue weighted by molar-refractivity contribution is 7.16. The molecule has 1 fully saturated rings. The molecule has 0 bridgehead atoms. The van der Waals surface area contributed by atoms with Gasteiger partial charge in [0.25, 0.3) is 0 Å². The molecule has 1 aliphatic rings. The van der Waals surface area contributed by atoms with Crippen molar-refractivity contribution in [2.45, 2.75) is 13.3 Å². The smallest absolute Gasteiger partial charge is 0.246 e. The van der Waals surface area contributed by atoms with Gasteiger partial charge in [0.2, 0.25) is 11.8 Å². The summed E-state index contributed by atoms with van der Waals surface area (Å²) in [5.74, 6) is 0.0955. The van der Waals surface area contributed by atoms with Gasteiger partial charge in [-0.15, -0.1) is 11.3 Å². The number of carbonyl (C=O) groups is 2. The highest BCUT2D eigenvalue weighted by atomic mass is 32.1. The molecule has 0 unspecified atom stereocenters. The zero-order valence-corrected chi connectivity index (χ0v) is 17.1. The second-order valence-corrected chi connectivity index (χ2v) is 7.97. The predicted molar refractivity (Wildman–Crippen MR) is 115 cm³/mol. The van der Waals surface area contributed by atoms with Gasteiger partial charge in [0.1, 0.15) is 0 Å². The van der Waals surface area contributed by atoms with Crippen LogP contribution < -0.4 is 5.32 Å². The second kappa shape index (κ2) is 10.2. The molecule has 1 saturated heterocycles. The van der Waals surface area contributed by atoms with E-state index in [0.717, 1.165) is 30.9 Å². The van der Waals surface area contributed by atoms with Gasteiger partial charge in [0, 0.05) is 48.6 Å². The SMILES string of the molecule is CCCNC(=O)CN1CCN(C(=O)/C=C/c2ccc(-c3ccccc3)s2)CC1. The Bertz CT molecular complexity index is 808. The highest BCUT2D eigenvalue weighted by Crippen LogP contribution is 2.28. The summed E-state index contributed by atoms with van der Waals surface area (Å²) in [6, 6.07) is 14.4. The van der Waals surface area contributed by atoms with E-state index in [9.17, 15) is 9.59 Å². The van der Waals surface area contributed by atoms with Gasteiger partial charge in [0.15, 0.2) is 0 Å². The van der Waals surface area contributed by atoms with E-state index in [1.54, 1.807) is 17.4 Å². The van der Waals surface area contributed by atoms with Crippen LogP contribution in [-0.2, 0) is 9.59 Å². The number of hydrogen-bond acceptors (Lipinski definition) is 4. The van der Waals surface area contributed by atoms with Crippen LogP contribution in [0.5, 0.6) is 0 Å². The van der Waals surface area contributed by atoms with E-state index in [-0.39, 0.29) is 11.8 Å². The number of amides is 2. The van der Waals surface area contributed by atoms with Crippen LogP contribution >= 0.6 is 11.3 Å². The summed E-state index contributed by atoms with van der Waals surface area (Å²) in [6.07, 6.45) is 4.49. The maximum atomic E-state index is 12.5. The maximum Gasteiger partial charge on any atom is 0.246 e. The molecule has 0 aliphatic carbocycles. The molecule has 3 rings (SSSR count). The van der Waals surface area contributed by atoms with Gasteiger partial charge < -0.3 is 10.2 Å². The van der Waals surface area contributed by atoms with E-state index in [0.29, 0.717) is 19.6 Å². The van der Waals surface area contributed by atoms with Gasteiger partial charge in [-0.3, -0.25) is 14.5 Å². The van der Waals surface area contributed by atoms with E-state index in [2.05, 4.69) is 28.4 Å². The molecule has 5 nitrogen and oxygen atoms in total. The molecule has 28 heavy (non-hydrogen) atoms. The zero-order chi connectivity index (χ0) is 19.8. The zero-order valence-electron chi connectivity index (χ0n) is 16.3. The second-order valence-electron chi connectivity index (χ2n) is 6.85. The third kappa shape index (κ3) is 5.78. The summed E-state index contributed by atoms with van der Waals surface area (Å²) in [6.45, 7) is 5.95. The molecule has 148 valence electrons. The third-order valence-electron chi connectivity index (χ3n) is 4.70. The van der Waals surface area contributed by atoms with Crippen LogP contribution in [-0.4, -0.2) is 60.9 Å². The first kappa shape index (κ1) is 20.3. The average molecular weight is 398 g/mol. The molecule has 6 heteroatoms. The molecule has 1 aromatic heterocycles. The minimum absolute atomic E-state index is 0.0322. The Balaban J connectivity index is 1.47. The summed E-state index contributed by atoms with van der Waals surface area (Å²) in [4.78, 5) is 30.5. The molecule has 0 saturated carbocycles. The number of thiophene rings is 1. The van der Waals surface area contributed by atoms with Gasteiger partial charge in [-0.25, -0.2) is 0 Å². The van der Waals surface area contributed by atoms with Gasteiger partial charge in [-0.2, -0.15) is 0 Å². The van der Waals surface area contributed by atoms with Crippen molar-refractivity contribution in [3.05, 3.63) is 53.4 Å². The standard InChI is InChI=1S/C22H27N3O2S/c1-2-12-23-21(26)17-24-13-15-25(16-14-24)22(27)11-9-19-8-10-20(28-19)18-6-4-3-5-7-18/h3-11H,2,12-17H2,1H3,(H,23,26)/b11-9+. The van der Waals surface area contributed by atoms with Crippen LogP contribution in [0.15, 0.2) is 48.5 Å². The van der Waals surface area contributed by atoms with Gasteiger partial charge >= 0.3 is 0 Å². The highest BCUT2D eigenvalue weighted by Gasteiger charge is 2.21. The fraction of sp³-hybridized carbons (Fsp3) is 0.364. The third-order valence-corrected chi connectivity index (χ3v) is 5.80. The molecular weight excluding hydrogens is 370 g/mol. The lowest BCUT2D eigenvalue weighted by atomic mass is 10.2. The molecule has 1 N–H and O–H groups in total. The Morgan fingerprint density at radius 2 is 1.82 bits per heavy atom. The fourth-order valence-corrected chi connectivity index (χ4v) is 4.02. The van der Waals surface area contributed by atoms with E-state index in [1.165, 1.54) is 10.4 Å². The number of hydrogen-bond donors (Lipinski definition) is 1. The lowest BCUT2D eigenvalue weighted by Gasteiger charge is -2.33. The monoisotopic (exact) mass is 397 g/mol. The minimum atomic E-state index is 0.0322. The van der Waals surface area contributed by atoms with E-state index >= 15 is 0 Å². The van der Waals surface area contributed by atoms with E-state index in [1.807, 2.05) is 42.2 Å². The quantitative estimate of drug-likeness (QED) is 0.731. The Kier molecular flexibility index (Phi) is 7.39. The number of nitrogens with zero attached hydrogens (tertiary/aromatic N) is 2. The van der Waals surface area contributed by atoms with Crippen LogP contribution in [0.3, 0.4) is 0 Å². The number of benzene rings is 1. The Hall–Kier alpha value is -2.44. The first-order chi connectivity index (χ1) is 13.7. The van der Waals surface area contributed by atoms with Crippen molar-refractivity contribution >= 4 is 29.2 Å². The predicted octanol–water partition coefficient (Wildman–Crippen LogP) is 3.10. The molecule has 0 atom stereocenters. The van der Waals surface area contributed by atoms with Crippen molar-refractivity contribution in [1.82, 2.24) is 15.1 Å². The summed E-state index contributed by atoms with van der Waals surface area (Å²) >= 11 is 1.68. The van der Waals surface area contributed by atoms with Crippen molar-refractivity contribution in [2.24, 2.45) is 0 Å². The van der Waals surface area contributed by atoms with Crippen molar-refractivity contribution in [1.29, 1.82) is 0 Å². The summed E-state index contributed by atoms with van der Waals surface area (Å²) in [7, 11) is 0. The van der Waals surface area contributed by atoms with Crippen LogP contribution in [0.25, 0.3) is 16.5 Å². The number of rotatable bonds is 7. The lowest BCUT2D eigenvalue weighted by Crippen LogP contribution is -2.50. The Morgan fingerprint density at radius 1 is 1.07 bits per heavy atom. The van der Waals surface area contributed by atoms with Gasteiger partial charge in [-0.05, 0) is 30.2 Å². The molecule has 2 amide bonds. The Labute approximate surface area is 170 Å². The first-order valence-corrected chi connectivity index (χ1v) is 10.6. The van der Waals surface area contributed by atoms with E-state index in [4.69, 9.17) is 0 Å². The van der Waals surface area contributed by atoms with Crippen LogP contribution in [0, 0.1) is 0 Å². The van der Waals surface area contributed by atoms with Crippen molar-refractivity contribution < 1.29 is 9.59 Å². The maximum absolute atomic E-state index is 12.5. The number of nitrogens with one attached hydrogen (secondary N) is 1. The molecular formula is C22H27N3O2S. The van der Waals surface area contributed by atoms with Crippen LogP contribution in [0.2, 0.25) is 0 Å². The van der Waals surface area contributed by atoms with Crippen molar-refractivity contribution in [2.75, 3.05) is 39.3 Å². The topological polar surface area (TPSA) is 52.7 Å². The summed E-state index contributed by atoms with van der Waals surface area (Å²) < 4.78 is 0. The molecule has 1 aromatic carbocycles. The van der Waals surface area contributed by atoms with Crippen molar-refractivity contribution in [3.63, 3.8) is 0 Å². The van der Waals surface area contributed by atoms with E-state index < -0.39 is 0 Å². The van der Waals surface area contributed by atoms with Crippen LogP contribution in [0.1, 0.15) is 18.2 Å². The largest absolute Gasteiger partial charge is 0.355 e. The summed E-state index contributed by atoms with van der Waals surface area (Å²) in [5, 5.41) is 2.89. The molecule has 0 radical (unpaired) electrons. The average Bonchev–Trinajstić information content (AvgIpc) is 3.21. The van der Waals surface area contributed by atoms with Gasteiger partial charge in [0.05, 0.1) is 6.54 Å². The fourth-order valence-electron chi connectivity index (χ4n) is 3.11. The molecule has 2 heterocycles. The normalized spacial score (nSPS) is 15.1. The minimum Gasteiger partial charge on any atom is -0.355 e. The molecule has 1 aliphatic heterocycles.